The molecule has 3 N–H and O–H groups in total. The van der Waals surface area contributed by atoms with Gasteiger partial charge in [0.15, 0.2) is 5.11 Å². The van der Waals surface area contributed by atoms with Crippen LogP contribution in [0.25, 0.3) is 0 Å². The smallest absolute Gasteiger partial charge is 0.181 e. The molecule has 0 aliphatic carbocycles. The molecule has 18 heavy (non-hydrogen) atoms. The number of nitrogens with two attached hydrogens (primary N) is 1. The molecule has 0 bridgehead atoms. The van der Waals surface area contributed by atoms with Crippen molar-refractivity contribution in [2.45, 2.75) is 18.5 Å². The maximum Gasteiger partial charge on any atom is 0.181 e. The van der Waals surface area contributed by atoms with Crippen LogP contribution in [-0.4, -0.2) is 10.1 Å². The first-order chi connectivity index (χ1) is 8.75. The van der Waals surface area contributed by atoms with Gasteiger partial charge in [-0.3, -0.25) is 5.01 Å². The third-order valence-corrected chi connectivity index (χ3v) is 5.22. The minimum Gasteiger partial charge on any atom is -0.375 e. The van der Waals surface area contributed by atoms with Crippen LogP contribution in [0, 0.1) is 0 Å². The van der Waals surface area contributed by atoms with Crippen LogP contribution in [0.5, 0.6) is 0 Å². The Kier molecular flexibility index (Phi) is 3.34. The summed E-state index contributed by atoms with van der Waals surface area (Å²) in [6.45, 7) is 0. The Morgan fingerprint density at radius 3 is 2.50 bits per heavy atom. The monoisotopic (exact) mass is 295 g/mol. The summed E-state index contributed by atoms with van der Waals surface area (Å²) in [5.74, 6) is 0. The highest BCUT2D eigenvalue weighted by Crippen LogP contribution is 2.39. The van der Waals surface area contributed by atoms with Gasteiger partial charge in [0.2, 0.25) is 0 Å². The minimum atomic E-state index is 0.245. The Labute approximate surface area is 119 Å². The first kappa shape index (κ1) is 12.1. The first-order valence-electron chi connectivity index (χ1n) is 5.67. The molecule has 0 saturated carbocycles. The highest BCUT2D eigenvalue weighted by atomic mass is 32.1. The van der Waals surface area contributed by atoms with Gasteiger partial charge >= 0.3 is 0 Å². The Balaban J connectivity index is 1.87. The van der Waals surface area contributed by atoms with Crippen molar-refractivity contribution >= 4 is 40.0 Å². The zero-order chi connectivity index (χ0) is 12.5. The molecule has 3 heterocycles. The normalized spacial score (nSPS) is 23.4. The van der Waals surface area contributed by atoms with Gasteiger partial charge in [0.25, 0.3) is 0 Å². The molecule has 2 atom stereocenters. The molecule has 0 spiro atoms. The van der Waals surface area contributed by atoms with E-state index in [1.807, 2.05) is 5.01 Å². The maximum atomic E-state index is 5.81. The number of hydrogen-bond donors (Lipinski definition) is 2. The van der Waals surface area contributed by atoms with Crippen molar-refractivity contribution in [1.82, 2.24) is 10.4 Å². The lowest BCUT2D eigenvalue weighted by Gasteiger charge is -2.23. The van der Waals surface area contributed by atoms with Gasteiger partial charge in [-0.1, -0.05) is 12.1 Å². The molecule has 6 heteroatoms. The summed E-state index contributed by atoms with van der Waals surface area (Å²) in [6, 6.07) is 8.98. The standard InChI is InChI=1S/C12H13N3S3/c13-12(16)15-9(11-4-2-6-18-11)7-8(14-15)10-3-1-5-17-10/h1-6,8-9,14H,7H2,(H2,13,16). The largest absolute Gasteiger partial charge is 0.375 e. The molecule has 94 valence electrons. The summed E-state index contributed by atoms with van der Waals surface area (Å²) >= 11 is 8.65. The molecule has 1 saturated heterocycles. The van der Waals surface area contributed by atoms with Crippen LogP contribution in [0.2, 0.25) is 0 Å². The fraction of sp³-hybridized carbons (Fsp3) is 0.250. The van der Waals surface area contributed by atoms with Gasteiger partial charge in [-0.15, -0.1) is 22.7 Å². The Hall–Kier alpha value is -0.950. The van der Waals surface area contributed by atoms with E-state index in [4.69, 9.17) is 18.0 Å². The highest BCUT2D eigenvalue weighted by molar-refractivity contribution is 7.80. The van der Waals surface area contributed by atoms with Gasteiger partial charge in [0.1, 0.15) is 0 Å². The fourth-order valence-electron chi connectivity index (χ4n) is 2.25. The topological polar surface area (TPSA) is 41.3 Å². The van der Waals surface area contributed by atoms with Crippen molar-refractivity contribution in [2.24, 2.45) is 5.73 Å². The maximum absolute atomic E-state index is 5.81. The summed E-state index contributed by atoms with van der Waals surface area (Å²) in [7, 11) is 0. The number of hydrazine groups is 1. The van der Waals surface area contributed by atoms with E-state index in [0.717, 1.165) is 6.42 Å². The van der Waals surface area contributed by atoms with Gasteiger partial charge in [0, 0.05) is 9.75 Å². The van der Waals surface area contributed by atoms with Crippen molar-refractivity contribution in [3.63, 3.8) is 0 Å². The molecule has 1 aliphatic rings. The van der Waals surface area contributed by atoms with Gasteiger partial charge in [-0.05, 0) is 41.5 Å². The molecule has 0 radical (unpaired) electrons. The lowest BCUT2D eigenvalue weighted by atomic mass is 10.1. The van der Waals surface area contributed by atoms with Gasteiger partial charge < -0.3 is 5.73 Å². The third kappa shape index (κ3) is 2.16. The van der Waals surface area contributed by atoms with E-state index >= 15 is 0 Å². The van der Waals surface area contributed by atoms with Gasteiger partial charge in [-0.25, -0.2) is 5.43 Å². The molecule has 3 nitrogen and oxygen atoms in total. The number of nitrogens with zero attached hydrogens (tertiary/aromatic N) is 1. The van der Waals surface area contributed by atoms with Crippen LogP contribution < -0.4 is 11.2 Å². The lowest BCUT2D eigenvalue weighted by molar-refractivity contribution is 0.312. The van der Waals surface area contributed by atoms with E-state index in [9.17, 15) is 0 Å². The fourth-order valence-corrected chi connectivity index (χ4v) is 4.04. The SMILES string of the molecule is NC(=S)N1NC(c2cccs2)CC1c1cccs1. The summed E-state index contributed by atoms with van der Waals surface area (Å²) in [5.41, 5.74) is 9.23. The molecule has 1 fully saturated rings. The number of rotatable bonds is 2. The predicted octanol–water partition coefficient (Wildman–Crippen LogP) is 3.05. The van der Waals surface area contributed by atoms with Crippen LogP contribution >= 0.6 is 34.9 Å². The Morgan fingerprint density at radius 1 is 1.28 bits per heavy atom. The number of thiophene rings is 2. The summed E-state index contributed by atoms with van der Waals surface area (Å²) in [4.78, 5) is 2.63. The van der Waals surface area contributed by atoms with Crippen molar-refractivity contribution in [3.05, 3.63) is 44.8 Å². The van der Waals surface area contributed by atoms with Crippen LogP contribution in [0.1, 0.15) is 28.3 Å². The minimum absolute atomic E-state index is 0.245. The van der Waals surface area contributed by atoms with Crippen LogP contribution in [0.4, 0.5) is 0 Å². The molecular weight excluding hydrogens is 282 g/mol. The van der Waals surface area contributed by atoms with Crippen LogP contribution in [-0.2, 0) is 0 Å². The first-order valence-corrected chi connectivity index (χ1v) is 7.84. The lowest BCUT2D eigenvalue weighted by Crippen LogP contribution is -2.42. The van der Waals surface area contributed by atoms with E-state index in [-0.39, 0.29) is 6.04 Å². The average Bonchev–Trinajstić information content (AvgIpc) is 3.10. The van der Waals surface area contributed by atoms with Crippen molar-refractivity contribution in [2.75, 3.05) is 0 Å². The van der Waals surface area contributed by atoms with E-state index in [2.05, 4.69) is 40.5 Å². The van der Waals surface area contributed by atoms with Crippen LogP contribution in [0.15, 0.2) is 35.0 Å². The number of thiocarbonyl (C=S) groups is 1. The molecule has 2 aromatic rings. The molecule has 0 amide bonds. The molecular formula is C12H13N3S3. The van der Waals surface area contributed by atoms with E-state index < -0.39 is 0 Å². The van der Waals surface area contributed by atoms with Gasteiger partial charge in [0.05, 0.1) is 12.1 Å². The Bertz CT molecular complexity index is 521. The molecule has 2 unspecified atom stereocenters. The third-order valence-electron chi connectivity index (χ3n) is 3.06. The number of nitrogens with one attached hydrogen (secondary N) is 1. The molecule has 1 aliphatic heterocycles. The van der Waals surface area contributed by atoms with Crippen LogP contribution in [0.3, 0.4) is 0 Å². The molecule has 2 aromatic heterocycles. The summed E-state index contributed by atoms with van der Waals surface area (Å²) in [5, 5.41) is 6.52. The predicted molar refractivity (Wildman–Crippen MR) is 80.5 cm³/mol. The quantitative estimate of drug-likeness (QED) is 0.836. The van der Waals surface area contributed by atoms with E-state index in [1.165, 1.54) is 9.75 Å². The van der Waals surface area contributed by atoms with E-state index in [0.29, 0.717) is 11.2 Å². The zero-order valence-corrected chi connectivity index (χ0v) is 12.0. The Morgan fingerprint density at radius 2 is 1.94 bits per heavy atom. The van der Waals surface area contributed by atoms with Crippen molar-refractivity contribution < 1.29 is 0 Å². The van der Waals surface area contributed by atoms with Gasteiger partial charge in [-0.2, -0.15) is 0 Å². The second-order valence-corrected chi connectivity index (χ2v) is 6.55. The molecule has 3 rings (SSSR count). The summed E-state index contributed by atoms with van der Waals surface area (Å²) < 4.78 is 0. The number of hydrogen-bond acceptors (Lipinski definition) is 4. The zero-order valence-electron chi connectivity index (χ0n) is 9.58. The average molecular weight is 295 g/mol. The van der Waals surface area contributed by atoms with E-state index in [1.54, 1.807) is 22.7 Å². The summed E-state index contributed by atoms with van der Waals surface area (Å²) in [6.07, 6.45) is 0.998. The molecule has 0 aromatic carbocycles. The van der Waals surface area contributed by atoms with Crippen molar-refractivity contribution in [1.29, 1.82) is 0 Å². The second-order valence-electron chi connectivity index (χ2n) is 4.17. The second kappa shape index (κ2) is 4.97. The van der Waals surface area contributed by atoms with Crippen molar-refractivity contribution in [3.8, 4) is 0 Å². The highest BCUT2D eigenvalue weighted by Gasteiger charge is 2.35.